The van der Waals surface area contributed by atoms with Crippen molar-refractivity contribution < 1.29 is 13.9 Å². The first kappa shape index (κ1) is 15.6. The summed E-state index contributed by atoms with van der Waals surface area (Å²) in [6, 6.07) is 13.5. The van der Waals surface area contributed by atoms with Gasteiger partial charge in [0.25, 0.3) is 0 Å². The molecule has 0 unspecified atom stereocenters. The molecule has 2 aromatic carbocycles. The Hall–Kier alpha value is -3.29. The van der Waals surface area contributed by atoms with E-state index in [1.807, 2.05) is 30.3 Å². The van der Waals surface area contributed by atoms with Gasteiger partial charge in [-0.25, -0.2) is 13.9 Å². The molecule has 7 nitrogen and oxygen atoms in total. The van der Waals surface area contributed by atoms with E-state index in [-0.39, 0.29) is 17.9 Å². The van der Waals surface area contributed by atoms with E-state index in [4.69, 9.17) is 4.74 Å². The molecule has 3 rings (SSSR count). The Kier molecular flexibility index (Phi) is 4.46. The second-order valence-electron chi connectivity index (χ2n) is 5.01. The van der Waals surface area contributed by atoms with Crippen LogP contribution in [0.2, 0.25) is 0 Å². The topological polar surface area (TPSA) is 81.9 Å². The van der Waals surface area contributed by atoms with E-state index in [0.717, 1.165) is 5.56 Å². The lowest BCUT2D eigenvalue weighted by Crippen LogP contribution is -2.13. The average Bonchev–Trinajstić information content (AvgIpc) is 3.00. The number of hydrogen-bond donors (Lipinski definition) is 1. The highest BCUT2D eigenvalue weighted by Gasteiger charge is 2.13. The molecule has 1 N–H and O–H groups in total. The molecule has 0 atom stereocenters. The quantitative estimate of drug-likeness (QED) is 0.797. The van der Waals surface area contributed by atoms with E-state index in [9.17, 15) is 9.18 Å². The third-order valence-corrected chi connectivity index (χ3v) is 3.29. The van der Waals surface area contributed by atoms with Crippen molar-refractivity contribution in [1.29, 1.82) is 0 Å². The first-order chi connectivity index (χ1) is 11.6. The van der Waals surface area contributed by atoms with E-state index in [1.165, 1.54) is 16.8 Å². The van der Waals surface area contributed by atoms with Crippen LogP contribution in [0.4, 0.5) is 14.9 Å². The SMILES string of the molecule is Cn1nnnc1-c1ccc(NC(=O)OCc2ccccc2)cc1F. The highest BCUT2D eigenvalue weighted by molar-refractivity contribution is 5.85. The van der Waals surface area contributed by atoms with E-state index in [2.05, 4.69) is 20.8 Å². The van der Waals surface area contributed by atoms with Crippen molar-refractivity contribution in [2.24, 2.45) is 7.05 Å². The Morgan fingerprint density at radius 2 is 2.04 bits per heavy atom. The normalized spacial score (nSPS) is 10.4. The van der Waals surface area contributed by atoms with Crippen molar-refractivity contribution in [1.82, 2.24) is 20.2 Å². The highest BCUT2D eigenvalue weighted by atomic mass is 19.1. The Bertz CT molecular complexity index is 851. The number of aromatic nitrogens is 4. The summed E-state index contributed by atoms with van der Waals surface area (Å²) in [4.78, 5) is 11.8. The summed E-state index contributed by atoms with van der Waals surface area (Å²) in [5, 5.41) is 13.4. The van der Waals surface area contributed by atoms with Crippen LogP contribution in [-0.4, -0.2) is 26.3 Å². The van der Waals surface area contributed by atoms with Crippen molar-refractivity contribution in [3.63, 3.8) is 0 Å². The smallest absolute Gasteiger partial charge is 0.411 e. The monoisotopic (exact) mass is 327 g/mol. The molecule has 8 heteroatoms. The number of ether oxygens (including phenoxy) is 1. The predicted molar refractivity (Wildman–Crippen MR) is 84.4 cm³/mol. The molecule has 0 saturated carbocycles. The van der Waals surface area contributed by atoms with Gasteiger partial charge >= 0.3 is 6.09 Å². The number of rotatable bonds is 4. The number of nitrogens with zero attached hydrogens (tertiary/aromatic N) is 4. The zero-order chi connectivity index (χ0) is 16.9. The number of carbonyl (C=O) groups excluding carboxylic acids is 1. The average molecular weight is 327 g/mol. The lowest BCUT2D eigenvalue weighted by atomic mass is 10.2. The van der Waals surface area contributed by atoms with Crippen molar-refractivity contribution in [2.75, 3.05) is 5.32 Å². The van der Waals surface area contributed by atoms with Gasteiger partial charge in [-0.05, 0) is 34.2 Å². The number of benzene rings is 2. The Morgan fingerprint density at radius 3 is 2.71 bits per heavy atom. The molecule has 0 fully saturated rings. The molecule has 0 radical (unpaired) electrons. The third kappa shape index (κ3) is 3.54. The minimum atomic E-state index is -0.661. The maximum atomic E-state index is 14.2. The van der Waals surface area contributed by atoms with Gasteiger partial charge in [0.05, 0.1) is 5.56 Å². The lowest BCUT2D eigenvalue weighted by Gasteiger charge is -2.08. The summed E-state index contributed by atoms with van der Waals surface area (Å²) >= 11 is 0. The van der Waals surface area contributed by atoms with Crippen molar-refractivity contribution in [3.8, 4) is 11.4 Å². The number of anilines is 1. The van der Waals surface area contributed by atoms with Crippen molar-refractivity contribution in [3.05, 3.63) is 59.9 Å². The third-order valence-electron chi connectivity index (χ3n) is 3.29. The second kappa shape index (κ2) is 6.86. The molecule has 0 bridgehead atoms. The van der Waals surface area contributed by atoms with Crippen LogP contribution in [0.5, 0.6) is 0 Å². The van der Waals surface area contributed by atoms with Crippen LogP contribution < -0.4 is 5.32 Å². The summed E-state index contributed by atoms with van der Waals surface area (Å²) in [5.74, 6) is -0.250. The summed E-state index contributed by atoms with van der Waals surface area (Å²) < 4.78 is 20.6. The Morgan fingerprint density at radius 1 is 1.25 bits per heavy atom. The summed E-state index contributed by atoms with van der Waals surface area (Å²) in [7, 11) is 1.61. The van der Waals surface area contributed by atoms with Crippen LogP contribution in [-0.2, 0) is 18.4 Å². The molecule has 1 heterocycles. The number of halogens is 1. The molecule has 0 aliphatic heterocycles. The van der Waals surface area contributed by atoms with Gasteiger partial charge in [0.15, 0.2) is 5.82 Å². The fraction of sp³-hybridized carbons (Fsp3) is 0.125. The summed E-state index contributed by atoms with van der Waals surface area (Å²) in [6.07, 6.45) is -0.661. The van der Waals surface area contributed by atoms with Crippen molar-refractivity contribution in [2.45, 2.75) is 6.61 Å². The molecule has 0 spiro atoms. The Balaban J connectivity index is 1.64. The van der Waals surface area contributed by atoms with Crippen LogP contribution in [0.3, 0.4) is 0 Å². The standard InChI is InChI=1S/C16H14FN5O2/c1-22-15(19-20-21-22)13-8-7-12(9-14(13)17)18-16(23)24-10-11-5-3-2-4-6-11/h2-9H,10H2,1H3,(H,18,23). The summed E-state index contributed by atoms with van der Waals surface area (Å²) in [6.45, 7) is 0.137. The first-order valence-corrected chi connectivity index (χ1v) is 7.13. The van der Waals surface area contributed by atoms with Gasteiger partial charge in [0.1, 0.15) is 12.4 Å². The summed E-state index contributed by atoms with van der Waals surface area (Å²) in [5.41, 5.74) is 1.39. The highest BCUT2D eigenvalue weighted by Crippen LogP contribution is 2.22. The van der Waals surface area contributed by atoms with Crippen LogP contribution in [0.25, 0.3) is 11.4 Å². The van der Waals surface area contributed by atoms with Gasteiger partial charge in [-0.3, -0.25) is 5.32 Å². The molecule has 0 saturated heterocycles. The molecule has 3 aromatic rings. The van der Waals surface area contributed by atoms with Gasteiger partial charge in [-0.2, -0.15) is 0 Å². The zero-order valence-corrected chi connectivity index (χ0v) is 12.8. The second-order valence-corrected chi connectivity index (χ2v) is 5.01. The van der Waals surface area contributed by atoms with Crippen LogP contribution in [0, 0.1) is 5.82 Å². The number of carbonyl (C=O) groups is 1. The minimum Gasteiger partial charge on any atom is -0.444 e. The molecule has 1 amide bonds. The van der Waals surface area contributed by atoms with Gasteiger partial charge < -0.3 is 4.74 Å². The number of hydrogen-bond acceptors (Lipinski definition) is 5. The van der Waals surface area contributed by atoms with E-state index >= 15 is 0 Å². The number of amides is 1. The molecule has 122 valence electrons. The molecule has 1 aromatic heterocycles. The van der Waals surface area contributed by atoms with Gasteiger partial charge in [0.2, 0.25) is 0 Å². The van der Waals surface area contributed by atoms with Crippen molar-refractivity contribution >= 4 is 11.8 Å². The first-order valence-electron chi connectivity index (χ1n) is 7.13. The predicted octanol–water partition coefficient (Wildman–Crippen LogP) is 2.76. The van der Waals surface area contributed by atoms with Crippen LogP contribution in [0.15, 0.2) is 48.5 Å². The van der Waals surface area contributed by atoms with E-state index in [1.54, 1.807) is 13.1 Å². The van der Waals surface area contributed by atoms with E-state index < -0.39 is 11.9 Å². The minimum absolute atomic E-state index is 0.137. The fourth-order valence-corrected chi connectivity index (χ4v) is 2.11. The number of aryl methyl sites for hydroxylation is 1. The van der Waals surface area contributed by atoms with Crippen LogP contribution >= 0.6 is 0 Å². The van der Waals surface area contributed by atoms with Gasteiger partial charge in [-0.15, -0.1) is 5.10 Å². The maximum absolute atomic E-state index is 14.2. The maximum Gasteiger partial charge on any atom is 0.411 e. The lowest BCUT2D eigenvalue weighted by molar-refractivity contribution is 0.155. The van der Waals surface area contributed by atoms with E-state index in [0.29, 0.717) is 5.82 Å². The molecule has 0 aliphatic rings. The number of nitrogens with one attached hydrogen (secondary N) is 1. The molecular formula is C16H14FN5O2. The zero-order valence-electron chi connectivity index (χ0n) is 12.8. The van der Waals surface area contributed by atoms with Crippen LogP contribution in [0.1, 0.15) is 5.56 Å². The molecule has 0 aliphatic carbocycles. The largest absolute Gasteiger partial charge is 0.444 e. The molecule has 24 heavy (non-hydrogen) atoms. The number of tetrazole rings is 1. The van der Waals surface area contributed by atoms with Gasteiger partial charge in [-0.1, -0.05) is 30.3 Å². The Labute approximate surface area is 137 Å². The molecular weight excluding hydrogens is 313 g/mol. The fourth-order valence-electron chi connectivity index (χ4n) is 2.11. The van der Waals surface area contributed by atoms with Gasteiger partial charge in [0, 0.05) is 12.7 Å².